The summed E-state index contributed by atoms with van der Waals surface area (Å²) >= 11 is 11.8. The number of hydrogen-bond donors (Lipinski definition) is 0. The second-order valence-corrected chi connectivity index (χ2v) is 5.36. The molecule has 0 fully saturated rings. The van der Waals surface area contributed by atoms with E-state index in [1.165, 1.54) is 6.07 Å². The molecule has 102 valence electrons. The van der Waals surface area contributed by atoms with Crippen LogP contribution < -0.4 is 0 Å². The van der Waals surface area contributed by atoms with Gasteiger partial charge in [-0.25, -0.2) is 0 Å². The standard InChI is InChI=1S/C16H12Cl2O2/c1-10-2-4-11(5-3-10)15(19)9-16(20)13-8-12(17)6-7-14(13)18/h2-8H,9H2,1H3. The van der Waals surface area contributed by atoms with Crippen molar-refractivity contribution in [1.82, 2.24) is 0 Å². The Hall–Kier alpha value is -1.64. The van der Waals surface area contributed by atoms with Gasteiger partial charge >= 0.3 is 0 Å². The summed E-state index contributed by atoms with van der Waals surface area (Å²) in [6.45, 7) is 1.94. The highest BCUT2D eigenvalue weighted by atomic mass is 35.5. The van der Waals surface area contributed by atoms with E-state index in [2.05, 4.69) is 0 Å². The van der Waals surface area contributed by atoms with E-state index in [0.717, 1.165) is 5.56 Å². The Morgan fingerprint density at radius 1 is 0.950 bits per heavy atom. The lowest BCUT2D eigenvalue weighted by molar-refractivity contribution is 0.0894. The van der Waals surface area contributed by atoms with Crippen molar-refractivity contribution in [3.05, 3.63) is 69.2 Å². The predicted molar refractivity (Wildman–Crippen MR) is 80.9 cm³/mol. The molecule has 0 saturated heterocycles. The van der Waals surface area contributed by atoms with E-state index in [-0.39, 0.29) is 23.6 Å². The van der Waals surface area contributed by atoms with Crippen LogP contribution in [0, 0.1) is 6.92 Å². The summed E-state index contributed by atoms with van der Waals surface area (Å²) in [5.74, 6) is -0.561. The first-order valence-electron chi connectivity index (χ1n) is 6.05. The van der Waals surface area contributed by atoms with Crippen molar-refractivity contribution in [3.8, 4) is 0 Å². The summed E-state index contributed by atoms with van der Waals surface area (Å²) in [4.78, 5) is 24.1. The lowest BCUT2D eigenvalue weighted by atomic mass is 10.0. The Labute approximate surface area is 127 Å². The third-order valence-electron chi connectivity index (χ3n) is 2.92. The summed E-state index contributed by atoms with van der Waals surface area (Å²) < 4.78 is 0. The topological polar surface area (TPSA) is 34.1 Å². The molecule has 0 aliphatic rings. The molecule has 0 bridgehead atoms. The van der Waals surface area contributed by atoms with Crippen LogP contribution in [0.15, 0.2) is 42.5 Å². The largest absolute Gasteiger partial charge is 0.294 e. The van der Waals surface area contributed by atoms with Gasteiger partial charge in [-0.05, 0) is 25.1 Å². The van der Waals surface area contributed by atoms with Crippen molar-refractivity contribution in [3.63, 3.8) is 0 Å². The first kappa shape index (κ1) is 14.8. The molecule has 0 heterocycles. The van der Waals surface area contributed by atoms with Crippen LogP contribution in [0.5, 0.6) is 0 Å². The van der Waals surface area contributed by atoms with E-state index < -0.39 is 0 Å². The highest BCUT2D eigenvalue weighted by Crippen LogP contribution is 2.22. The van der Waals surface area contributed by atoms with Gasteiger partial charge in [0.2, 0.25) is 0 Å². The van der Waals surface area contributed by atoms with Gasteiger partial charge in [0.1, 0.15) is 0 Å². The Balaban J connectivity index is 2.17. The maximum absolute atomic E-state index is 12.1. The third-order valence-corrected chi connectivity index (χ3v) is 3.49. The fourth-order valence-corrected chi connectivity index (χ4v) is 2.19. The predicted octanol–water partition coefficient (Wildman–Crippen LogP) is 4.76. The monoisotopic (exact) mass is 306 g/mol. The lowest BCUT2D eigenvalue weighted by Crippen LogP contribution is -2.09. The van der Waals surface area contributed by atoms with Gasteiger partial charge in [0.05, 0.1) is 11.4 Å². The van der Waals surface area contributed by atoms with Crippen molar-refractivity contribution in [1.29, 1.82) is 0 Å². The first-order chi connectivity index (χ1) is 9.47. The molecule has 4 heteroatoms. The molecule has 0 aliphatic carbocycles. The number of hydrogen-bond acceptors (Lipinski definition) is 2. The molecule has 0 saturated carbocycles. The number of ketones is 2. The van der Waals surface area contributed by atoms with Crippen LogP contribution >= 0.6 is 23.2 Å². The van der Waals surface area contributed by atoms with Crippen LogP contribution in [-0.4, -0.2) is 11.6 Å². The molecule has 2 rings (SSSR count). The Morgan fingerprint density at radius 2 is 1.60 bits per heavy atom. The number of carbonyl (C=O) groups is 2. The zero-order chi connectivity index (χ0) is 14.7. The molecule has 2 aromatic rings. The van der Waals surface area contributed by atoms with Gasteiger partial charge in [-0.1, -0.05) is 53.0 Å². The lowest BCUT2D eigenvalue weighted by Gasteiger charge is -2.04. The number of Topliss-reactive ketones (excluding diaryl/α,β-unsaturated/α-hetero) is 2. The van der Waals surface area contributed by atoms with Gasteiger partial charge in [-0.2, -0.15) is 0 Å². The summed E-state index contributed by atoms with van der Waals surface area (Å²) in [6.07, 6.45) is -0.219. The van der Waals surface area contributed by atoms with Crippen LogP contribution in [0.2, 0.25) is 10.0 Å². The minimum absolute atomic E-state index is 0.219. The quantitative estimate of drug-likeness (QED) is 0.603. The summed E-state index contributed by atoms with van der Waals surface area (Å²) in [7, 11) is 0. The average Bonchev–Trinajstić information content (AvgIpc) is 2.42. The summed E-state index contributed by atoms with van der Waals surface area (Å²) in [5.41, 5.74) is 1.85. The van der Waals surface area contributed by atoms with E-state index in [0.29, 0.717) is 15.6 Å². The Bertz CT molecular complexity index is 661. The van der Waals surface area contributed by atoms with Gasteiger partial charge in [-0.15, -0.1) is 0 Å². The van der Waals surface area contributed by atoms with E-state index in [9.17, 15) is 9.59 Å². The molecule has 0 amide bonds. The minimum Gasteiger partial charge on any atom is -0.294 e. The Morgan fingerprint density at radius 3 is 2.25 bits per heavy atom. The SMILES string of the molecule is Cc1ccc(C(=O)CC(=O)c2cc(Cl)ccc2Cl)cc1. The van der Waals surface area contributed by atoms with Crippen LogP contribution in [-0.2, 0) is 0 Å². The number of aryl methyl sites for hydroxylation is 1. The van der Waals surface area contributed by atoms with E-state index >= 15 is 0 Å². The average molecular weight is 307 g/mol. The van der Waals surface area contributed by atoms with E-state index in [1.54, 1.807) is 24.3 Å². The Kier molecular flexibility index (Phi) is 4.58. The fraction of sp³-hybridized carbons (Fsp3) is 0.125. The zero-order valence-corrected chi connectivity index (χ0v) is 12.3. The van der Waals surface area contributed by atoms with Gasteiger partial charge in [-0.3, -0.25) is 9.59 Å². The summed E-state index contributed by atoms with van der Waals surface area (Å²) in [6, 6.07) is 11.7. The molecule has 0 N–H and O–H groups in total. The second kappa shape index (κ2) is 6.21. The van der Waals surface area contributed by atoms with Crippen LogP contribution in [0.1, 0.15) is 32.7 Å². The molecule has 0 unspecified atom stereocenters. The van der Waals surface area contributed by atoms with Crippen LogP contribution in [0.3, 0.4) is 0 Å². The number of carbonyl (C=O) groups excluding carboxylic acids is 2. The zero-order valence-electron chi connectivity index (χ0n) is 10.8. The second-order valence-electron chi connectivity index (χ2n) is 4.51. The number of rotatable bonds is 4. The maximum Gasteiger partial charge on any atom is 0.172 e. The van der Waals surface area contributed by atoms with E-state index in [1.807, 2.05) is 19.1 Å². The first-order valence-corrected chi connectivity index (χ1v) is 6.81. The molecule has 2 aromatic carbocycles. The molecule has 0 aromatic heterocycles. The van der Waals surface area contributed by atoms with Crippen molar-refractivity contribution in [2.24, 2.45) is 0 Å². The molecular formula is C16H12Cl2O2. The molecule has 0 spiro atoms. The molecule has 0 radical (unpaired) electrons. The van der Waals surface area contributed by atoms with Gasteiger partial charge in [0.25, 0.3) is 0 Å². The van der Waals surface area contributed by atoms with Crippen molar-refractivity contribution < 1.29 is 9.59 Å². The molecule has 0 atom stereocenters. The molecular weight excluding hydrogens is 295 g/mol. The molecule has 0 aliphatic heterocycles. The smallest absolute Gasteiger partial charge is 0.172 e. The highest BCUT2D eigenvalue weighted by Gasteiger charge is 2.16. The van der Waals surface area contributed by atoms with E-state index in [4.69, 9.17) is 23.2 Å². The minimum atomic E-state index is -0.330. The van der Waals surface area contributed by atoms with Crippen molar-refractivity contribution >= 4 is 34.8 Å². The van der Waals surface area contributed by atoms with Crippen LogP contribution in [0.25, 0.3) is 0 Å². The normalized spacial score (nSPS) is 10.3. The van der Waals surface area contributed by atoms with Crippen LogP contribution in [0.4, 0.5) is 0 Å². The number of halogens is 2. The molecule has 2 nitrogen and oxygen atoms in total. The maximum atomic E-state index is 12.1. The van der Waals surface area contributed by atoms with Crippen molar-refractivity contribution in [2.45, 2.75) is 13.3 Å². The van der Waals surface area contributed by atoms with Gasteiger partial charge < -0.3 is 0 Å². The highest BCUT2D eigenvalue weighted by molar-refractivity contribution is 6.36. The summed E-state index contributed by atoms with van der Waals surface area (Å²) in [5, 5.41) is 0.719. The number of benzene rings is 2. The van der Waals surface area contributed by atoms with Crippen molar-refractivity contribution in [2.75, 3.05) is 0 Å². The fourth-order valence-electron chi connectivity index (χ4n) is 1.79. The molecule has 20 heavy (non-hydrogen) atoms. The van der Waals surface area contributed by atoms with Gasteiger partial charge in [0.15, 0.2) is 11.6 Å². The van der Waals surface area contributed by atoms with Gasteiger partial charge in [0, 0.05) is 16.1 Å². The third kappa shape index (κ3) is 3.47.